The number of hydrogen-bond donors (Lipinski definition) is 0. The van der Waals surface area contributed by atoms with Crippen molar-refractivity contribution in [3.63, 3.8) is 0 Å². The van der Waals surface area contributed by atoms with E-state index in [1.54, 1.807) is 12.4 Å². The van der Waals surface area contributed by atoms with Crippen molar-refractivity contribution < 1.29 is 0 Å². The molecular weight excluding hydrogens is 294 g/mol. The van der Waals surface area contributed by atoms with Gasteiger partial charge in [0.25, 0.3) is 0 Å². The van der Waals surface area contributed by atoms with Gasteiger partial charge < -0.3 is 0 Å². The van der Waals surface area contributed by atoms with Crippen molar-refractivity contribution in [2.45, 2.75) is 0 Å². The fourth-order valence-electron chi connectivity index (χ4n) is 2.22. The van der Waals surface area contributed by atoms with Gasteiger partial charge in [-0.15, -0.1) is 12.4 Å². The fraction of sp³-hybridized carbons (Fsp3) is 0.0556. The maximum Gasteiger partial charge on any atom is 0.0626 e. The molecule has 0 saturated heterocycles. The number of halogens is 1. The Morgan fingerprint density at radius 3 is 2.36 bits per heavy atom. The molecule has 2 heterocycles. The molecule has 2 aromatic heterocycles. The number of aromatic nitrogens is 2. The van der Waals surface area contributed by atoms with Gasteiger partial charge in [0.2, 0.25) is 0 Å². The molecule has 0 fully saturated rings. The quantitative estimate of drug-likeness (QED) is 0.713. The zero-order valence-corrected chi connectivity index (χ0v) is 13.1. The van der Waals surface area contributed by atoms with Crippen LogP contribution in [0, 0.1) is 0 Å². The van der Waals surface area contributed by atoms with Gasteiger partial charge in [-0.3, -0.25) is 14.7 Å². The van der Waals surface area contributed by atoms with Crippen LogP contribution < -0.4 is 5.01 Å². The number of benzene rings is 1. The van der Waals surface area contributed by atoms with E-state index in [1.807, 2.05) is 49.6 Å². The summed E-state index contributed by atoms with van der Waals surface area (Å²) in [4.78, 5) is 4.06. The molecule has 1 aromatic carbocycles. The molecule has 3 nitrogen and oxygen atoms in total. The smallest absolute Gasteiger partial charge is 0.0626 e. The number of nitrogens with zero attached hydrogens (tertiary/aromatic N) is 3. The summed E-state index contributed by atoms with van der Waals surface area (Å²) in [6.07, 6.45) is 9.88. The molecule has 0 N–H and O–H groups in total. The molecular formula is C18H18ClN3. The third kappa shape index (κ3) is 3.57. The summed E-state index contributed by atoms with van der Waals surface area (Å²) in [5, 5.41) is 2.09. The van der Waals surface area contributed by atoms with Crippen LogP contribution in [0.1, 0.15) is 11.3 Å². The normalized spacial score (nSPS) is 10.4. The van der Waals surface area contributed by atoms with E-state index in [2.05, 4.69) is 45.0 Å². The predicted octanol–water partition coefficient (Wildman–Crippen LogP) is 4.37. The lowest BCUT2D eigenvalue weighted by atomic mass is 10.2. The Labute approximate surface area is 136 Å². The Morgan fingerprint density at radius 1 is 0.909 bits per heavy atom. The second-order valence-electron chi connectivity index (χ2n) is 4.75. The van der Waals surface area contributed by atoms with Crippen molar-refractivity contribution in [2.75, 3.05) is 12.1 Å². The van der Waals surface area contributed by atoms with Crippen LogP contribution in [0.2, 0.25) is 0 Å². The SMILES string of the molecule is CN(c1ccncc1)n1cccc1/C=C/c1ccccc1.Cl. The van der Waals surface area contributed by atoms with Crippen LogP contribution in [0.25, 0.3) is 12.2 Å². The highest BCUT2D eigenvalue weighted by Crippen LogP contribution is 2.16. The molecule has 0 bridgehead atoms. The molecule has 0 radical (unpaired) electrons. The zero-order chi connectivity index (χ0) is 14.5. The van der Waals surface area contributed by atoms with Gasteiger partial charge in [-0.2, -0.15) is 0 Å². The average Bonchev–Trinajstić information content (AvgIpc) is 3.02. The summed E-state index contributed by atoms with van der Waals surface area (Å²) in [6, 6.07) is 18.4. The number of rotatable bonds is 4. The maximum atomic E-state index is 4.06. The highest BCUT2D eigenvalue weighted by Gasteiger charge is 2.04. The Morgan fingerprint density at radius 2 is 1.64 bits per heavy atom. The van der Waals surface area contributed by atoms with Gasteiger partial charge in [-0.25, -0.2) is 0 Å². The Hall–Kier alpha value is -2.52. The second kappa shape index (κ2) is 7.48. The first kappa shape index (κ1) is 15.9. The Kier molecular flexibility index (Phi) is 5.39. The molecule has 22 heavy (non-hydrogen) atoms. The molecule has 0 aliphatic heterocycles. The van der Waals surface area contributed by atoms with E-state index in [9.17, 15) is 0 Å². The fourth-order valence-corrected chi connectivity index (χ4v) is 2.22. The summed E-state index contributed by atoms with van der Waals surface area (Å²) >= 11 is 0. The van der Waals surface area contributed by atoms with Crippen LogP contribution in [0.4, 0.5) is 5.69 Å². The summed E-state index contributed by atoms with van der Waals surface area (Å²) in [6.45, 7) is 0. The summed E-state index contributed by atoms with van der Waals surface area (Å²) in [5.41, 5.74) is 3.41. The minimum Gasteiger partial charge on any atom is -0.284 e. The van der Waals surface area contributed by atoms with Gasteiger partial charge in [0.1, 0.15) is 0 Å². The Balaban J connectivity index is 0.00000176. The lowest BCUT2D eigenvalue weighted by Crippen LogP contribution is -2.24. The van der Waals surface area contributed by atoms with Crippen LogP contribution in [-0.2, 0) is 0 Å². The maximum absolute atomic E-state index is 4.06. The lowest BCUT2D eigenvalue weighted by molar-refractivity contribution is 0.772. The van der Waals surface area contributed by atoms with Crippen molar-refractivity contribution >= 4 is 30.2 Å². The molecule has 0 aliphatic carbocycles. The van der Waals surface area contributed by atoms with Crippen LogP contribution in [0.3, 0.4) is 0 Å². The molecule has 3 aromatic rings. The number of pyridine rings is 1. The van der Waals surface area contributed by atoms with Crippen LogP contribution >= 0.6 is 12.4 Å². The highest BCUT2D eigenvalue weighted by atomic mass is 35.5. The van der Waals surface area contributed by atoms with Gasteiger partial charge in [-0.05, 0) is 35.9 Å². The second-order valence-corrected chi connectivity index (χ2v) is 4.75. The standard InChI is InChI=1S/C18H17N3.ClH/c1-20(17-11-13-19-14-12-17)21-15-5-8-18(21)10-9-16-6-3-2-4-7-16;/h2-15H,1H3;1H/b10-9+;. The number of anilines is 1. The van der Waals surface area contributed by atoms with Gasteiger partial charge >= 0.3 is 0 Å². The molecule has 3 rings (SSSR count). The molecule has 0 atom stereocenters. The largest absolute Gasteiger partial charge is 0.284 e. The monoisotopic (exact) mass is 311 g/mol. The molecule has 0 spiro atoms. The van der Waals surface area contributed by atoms with E-state index < -0.39 is 0 Å². The van der Waals surface area contributed by atoms with Gasteiger partial charge in [-0.1, -0.05) is 36.4 Å². The first-order chi connectivity index (χ1) is 10.3. The topological polar surface area (TPSA) is 21.1 Å². The molecule has 4 heteroatoms. The van der Waals surface area contributed by atoms with E-state index in [-0.39, 0.29) is 12.4 Å². The van der Waals surface area contributed by atoms with Crippen molar-refractivity contribution in [2.24, 2.45) is 0 Å². The van der Waals surface area contributed by atoms with E-state index in [0.29, 0.717) is 0 Å². The van der Waals surface area contributed by atoms with Crippen molar-refractivity contribution in [1.82, 2.24) is 9.66 Å². The highest BCUT2D eigenvalue weighted by molar-refractivity contribution is 5.85. The summed E-state index contributed by atoms with van der Waals surface area (Å²) in [7, 11) is 2.04. The average molecular weight is 312 g/mol. The first-order valence-electron chi connectivity index (χ1n) is 6.89. The minimum atomic E-state index is 0. The predicted molar refractivity (Wildman–Crippen MR) is 95.1 cm³/mol. The van der Waals surface area contributed by atoms with Crippen molar-refractivity contribution in [1.29, 1.82) is 0 Å². The molecule has 0 unspecified atom stereocenters. The van der Waals surface area contributed by atoms with Gasteiger partial charge in [0, 0.05) is 25.6 Å². The molecule has 112 valence electrons. The minimum absolute atomic E-state index is 0. The third-order valence-corrected chi connectivity index (χ3v) is 3.36. The summed E-state index contributed by atoms with van der Waals surface area (Å²) in [5.74, 6) is 0. The van der Waals surface area contributed by atoms with Crippen LogP contribution in [0.5, 0.6) is 0 Å². The van der Waals surface area contributed by atoms with E-state index in [1.165, 1.54) is 5.56 Å². The number of hydrogen-bond acceptors (Lipinski definition) is 2. The van der Waals surface area contributed by atoms with Crippen molar-refractivity contribution in [3.05, 3.63) is 84.4 Å². The van der Waals surface area contributed by atoms with Gasteiger partial charge in [0.15, 0.2) is 0 Å². The first-order valence-corrected chi connectivity index (χ1v) is 6.89. The zero-order valence-electron chi connectivity index (χ0n) is 12.3. The third-order valence-electron chi connectivity index (χ3n) is 3.36. The molecule has 0 aliphatic rings. The molecule has 0 saturated carbocycles. The van der Waals surface area contributed by atoms with Crippen LogP contribution in [-0.4, -0.2) is 16.7 Å². The molecule has 0 amide bonds. The van der Waals surface area contributed by atoms with E-state index in [0.717, 1.165) is 11.4 Å². The van der Waals surface area contributed by atoms with Crippen LogP contribution in [0.15, 0.2) is 73.2 Å². The van der Waals surface area contributed by atoms with Gasteiger partial charge in [0.05, 0.1) is 11.4 Å². The lowest BCUT2D eigenvalue weighted by Gasteiger charge is -2.22. The van der Waals surface area contributed by atoms with Crippen molar-refractivity contribution in [3.8, 4) is 0 Å². The Bertz CT molecular complexity index is 720. The summed E-state index contributed by atoms with van der Waals surface area (Å²) < 4.78 is 2.11. The van der Waals surface area contributed by atoms with E-state index in [4.69, 9.17) is 0 Å². The van der Waals surface area contributed by atoms with E-state index >= 15 is 0 Å².